The van der Waals surface area contributed by atoms with Gasteiger partial charge in [0.15, 0.2) is 11.8 Å². The Morgan fingerprint density at radius 2 is 1.80 bits per heavy atom. The summed E-state index contributed by atoms with van der Waals surface area (Å²) < 4.78 is 7.19. The Kier molecular flexibility index (Phi) is 9.10. The molecule has 1 unspecified atom stereocenters. The number of hydrogen-bond acceptors (Lipinski definition) is 4. The van der Waals surface area contributed by atoms with Gasteiger partial charge in [-0.15, -0.1) is 34.2 Å². The van der Waals surface area contributed by atoms with Gasteiger partial charge in [-0.05, 0) is 37.1 Å². The van der Waals surface area contributed by atoms with Crippen molar-refractivity contribution < 1.29 is 4.74 Å². The Labute approximate surface area is 195 Å². The number of aromatic nitrogens is 3. The zero-order valence-corrected chi connectivity index (χ0v) is 20.1. The summed E-state index contributed by atoms with van der Waals surface area (Å²) in [6.45, 7) is 5.14. The second kappa shape index (κ2) is 11.5. The van der Waals surface area contributed by atoms with Crippen LogP contribution in [0.5, 0.6) is 5.75 Å². The van der Waals surface area contributed by atoms with Crippen molar-refractivity contribution in [3.63, 3.8) is 0 Å². The summed E-state index contributed by atoms with van der Waals surface area (Å²) in [6.07, 6.45) is 0. The summed E-state index contributed by atoms with van der Waals surface area (Å²) in [5.74, 6) is 3.29. The van der Waals surface area contributed by atoms with Crippen molar-refractivity contribution in [3.05, 3.63) is 77.4 Å². The molecule has 3 rings (SSSR count). The van der Waals surface area contributed by atoms with Gasteiger partial charge in [-0.3, -0.25) is 0 Å². The van der Waals surface area contributed by atoms with Crippen molar-refractivity contribution >= 4 is 29.9 Å². The number of rotatable bonds is 7. The molecule has 0 bridgehead atoms. The van der Waals surface area contributed by atoms with Crippen molar-refractivity contribution in [1.82, 2.24) is 25.4 Å². The summed E-state index contributed by atoms with van der Waals surface area (Å²) in [7, 11) is 3.62. The molecule has 1 heterocycles. The Balaban J connectivity index is 0.00000320. The van der Waals surface area contributed by atoms with Crippen molar-refractivity contribution in [3.8, 4) is 5.75 Å². The van der Waals surface area contributed by atoms with Crippen LogP contribution in [0.3, 0.4) is 0 Å². The number of nitrogens with zero attached hydrogens (tertiary/aromatic N) is 4. The number of methoxy groups -OCH3 is 1. The number of aliphatic imine (C=N–C) groups is 1. The molecule has 2 N–H and O–H groups in total. The quantitative estimate of drug-likeness (QED) is 0.282. The lowest BCUT2D eigenvalue weighted by Crippen LogP contribution is -2.39. The van der Waals surface area contributed by atoms with Crippen LogP contribution in [0.2, 0.25) is 0 Å². The Bertz CT molecular complexity index is 940. The monoisotopic (exact) mass is 520 g/mol. The molecule has 160 valence electrons. The van der Waals surface area contributed by atoms with Crippen molar-refractivity contribution in [2.45, 2.75) is 33.0 Å². The molecule has 8 heteroatoms. The summed E-state index contributed by atoms with van der Waals surface area (Å²) >= 11 is 0. The molecule has 2 aromatic carbocycles. The minimum absolute atomic E-state index is 0. The summed E-state index contributed by atoms with van der Waals surface area (Å²) in [5.41, 5.74) is 2.30. The lowest BCUT2D eigenvalue weighted by Gasteiger charge is -2.18. The van der Waals surface area contributed by atoms with Crippen molar-refractivity contribution in [2.24, 2.45) is 12.0 Å². The van der Waals surface area contributed by atoms with Gasteiger partial charge in [0, 0.05) is 7.05 Å². The zero-order chi connectivity index (χ0) is 20.6. The SMILES string of the molecule is COc1ccc(CN=C(NCc2nnc(C)n2C)NC(C)c2ccccc2)cc1.I. The Morgan fingerprint density at radius 1 is 1.10 bits per heavy atom. The van der Waals surface area contributed by atoms with Crippen LogP contribution in [0.4, 0.5) is 0 Å². The normalized spacial score (nSPS) is 12.1. The first kappa shape index (κ1) is 23.7. The van der Waals surface area contributed by atoms with Gasteiger partial charge < -0.3 is 19.9 Å². The zero-order valence-electron chi connectivity index (χ0n) is 17.8. The van der Waals surface area contributed by atoms with Gasteiger partial charge in [-0.2, -0.15) is 0 Å². The highest BCUT2D eigenvalue weighted by molar-refractivity contribution is 14.0. The number of ether oxygens (including phenoxy) is 1. The summed E-state index contributed by atoms with van der Waals surface area (Å²) in [5, 5.41) is 15.2. The van der Waals surface area contributed by atoms with Gasteiger partial charge in [-0.25, -0.2) is 4.99 Å². The van der Waals surface area contributed by atoms with E-state index in [1.165, 1.54) is 5.56 Å². The molecule has 0 aliphatic heterocycles. The van der Waals surface area contributed by atoms with E-state index < -0.39 is 0 Å². The maximum atomic E-state index is 5.22. The predicted octanol–water partition coefficient (Wildman–Crippen LogP) is 3.75. The molecule has 0 radical (unpaired) electrons. The van der Waals surface area contributed by atoms with E-state index >= 15 is 0 Å². The van der Waals surface area contributed by atoms with Gasteiger partial charge in [0.25, 0.3) is 0 Å². The molecule has 0 spiro atoms. The van der Waals surface area contributed by atoms with Crippen molar-refractivity contribution in [2.75, 3.05) is 7.11 Å². The van der Waals surface area contributed by atoms with Crippen LogP contribution in [0.25, 0.3) is 0 Å². The molecule has 0 saturated carbocycles. The third-order valence-corrected chi connectivity index (χ3v) is 4.83. The van der Waals surface area contributed by atoms with Gasteiger partial charge in [0.2, 0.25) is 0 Å². The molecule has 1 atom stereocenters. The van der Waals surface area contributed by atoms with Gasteiger partial charge in [0.05, 0.1) is 26.2 Å². The summed E-state index contributed by atoms with van der Waals surface area (Å²) in [6, 6.07) is 18.3. The number of aryl methyl sites for hydroxylation is 1. The van der Waals surface area contributed by atoms with E-state index in [4.69, 9.17) is 9.73 Å². The largest absolute Gasteiger partial charge is 0.497 e. The molecular formula is C22H29IN6O. The number of benzene rings is 2. The molecule has 1 aromatic heterocycles. The lowest BCUT2D eigenvalue weighted by molar-refractivity contribution is 0.414. The van der Waals surface area contributed by atoms with Crippen LogP contribution in [0.1, 0.15) is 35.7 Å². The molecule has 0 saturated heterocycles. The number of halogens is 1. The van der Waals surface area contributed by atoms with Gasteiger partial charge in [-0.1, -0.05) is 42.5 Å². The maximum Gasteiger partial charge on any atom is 0.192 e. The van der Waals surface area contributed by atoms with Crippen LogP contribution in [0.15, 0.2) is 59.6 Å². The highest BCUT2D eigenvalue weighted by Crippen LogP contribution is 2.13. The van der Waals surface area contributed by atoms with Gasteiger partial charge in [0.1, 0.15) is 11.6 Å². The van der Waals surface area contributed by atoms with Crippen LogP contribution in [0, 0.1) is 6.92 Å². The van der Waals surface area contributed by atoms with Crippen LogP contribution in [-0.4, -0.2) is 27.8 Å². The minimum atomic E-state index is 0. The average Bonchev–Trinajstić information content (AvgIpc) is 3.08. The van der Waals surface area contributed by atoms with Crippen LogP contribution >= 0.6 is 24.0 Å². The highest BCUT2D eigenvalue weighted by atomic mass is 127. The van der Waals surface area contributed by atoms with Crippen LogP contribution < -0.4 is 15.4 Å². The molecule has 3 aromatic rings. The highest BCUT2D eigenvalue weighted by Gasteiger charge is 2.10. The second-order valence-electron chi connectivity index (χ2n) is 6.87. The van der Waals surface area contributed by atoms with Crippen molar-refractivity contribution in [1.29, 1.82) is 0 Å². The van der Waals surface area contributed by atoms with E-state index in [0.29, 0.717) is 13.1 Å². The Morgan fingerprint density at radius 3 is 2.40 bits per heavy atom. The molecule has 7 nitrogen and oxygen atoms in total. The fraction of sp³-hybridized carbons (Fsp3) is 0.318. The van der Waals surface area contributed by atoms with Crippen LogP contribution in [-0.2, 0) is 20.1 Å². The topological polar surface area (TPSA) is 76.4 Å². The molecule has 0 aliphatic rings. The van der Waals surface area contributed by atoms with E-state index in [0.717, 1.165) is 28.9 Å². The molecular weight excluding hydrogens is 491 g/mol. The number of hydrogen-bond donors (Lipinski definition) is 2. The van der Waals surface area contributed by atoms with E-state index in [9.17, 15) is 0 Å². The lowest BCUT2D eigenvalue weighted by atomic mass is 10.1. The molecule has 0 aliphatic carbocycles. The first-order chi connectivity index (χ1) is 14.1. The van der Waals surface area contributed by atoms with E-state index in [2.05, 4.69) is 39.9 Å². The maximum absolute atomic E-state index is 5.22. The van der Waals surface area contributed by atoms with E-state index in [1.807, 2.05) is 61.0 Å². The third kappa shape index (κ3) is 6.45. The standard InChI is InChI=1S/C22H28N6O.HI/c1-16(19-8-6-5-7-9-19)25-22(24-15-21-27-26-17(2)28(21)3)23-14-18-10-12-20(29-4)13-11-18;/h5-13,16H,14-15H2,1-4H3,(H2,23,24,25);1H. The molecule has 0 fully saturated rings. The Hall–Kier alpha value is -2.62. The second-order valence-corrected chi connectivity index (χ2v) is 6.87. The smallest absolute Gasteiger partial charge is 0.192 e. The summed E-state index contributed by atoms with van der Waals surface area (Å²) in [4.78, 5) is 4.76. The number of nitrogens with one attached hydrogen (secondary N) is 2. The van der Waals surface area contributed by atoms with E-state index in [1.54, 1.807) is 7.11 Å². The van der Waals surface area contributed by atoms with Gasteiger partial charge >= 0.3 is 0 Å². The first-order valence-corrected chi connectivity index (χ1v) is 9.64. The molecule has 0 amide bonds. The number of guanidine groups is 1. The predicted molar refractivity (Wildman–Crippen MR) is 130 cm³/mol. The third-order valence-electron chi connectivity index (χ3n) is 4.83. The average molecular weight is 520 g/mol. The minimum Gasteiger partial charge on any atom is -0.497 e. The van der Waals surface area contributed by atoms with E-state index in [-0.39, 0.29) is 30.0 Å². The first-order valence-electron chi connectivity index (χ1n) is 9.64. The molecule has 30 heavy (non-hydrogen) atoms. The fourth-order valence-electron chi connectivity index (χ4n) is 2.85. The fourth-order valence-corrected chi connectivity index (χ4v) is 2.85.